The van der Waals surface area contributed by atoms with Gasteiger partial charge in [-0.3, -0.25) is 4.79 Å². The summed E-state index contributed by atoms with van der Waals surface area (Å²) >= 11 is 5.87. The Morgan fingerprint density at radius 3 is 2.27 bits per heavy atom. The molecule has 26 heavy (non-hydrogen) atoms. The molecule has 2 aromatic carbocycles. The molecule has 0 saturated carbocycles. The smallest absolute Gasteiger partial charge is 0.251 e. The van der Waals surface area contributed by atoms with Crippen molar-refractivity contribution in [2.75, 3.05) is 20.2 Å². The third-order valence-corrected chi connectivity index (χ3v) is 5.93. The molecule has 0 bridgehead atoms. The molecule has 0 unspecified atom stereocenters. The van der Waals surface area contributed by atoms with Gasteiger partial charge in [0.2, 0.25) is 10.0 Å². The molecule has 0 spiro atoms. The van der Waals surface area contributed by atoms with Gasteiger partial charge in [-0.15, -0.1) is 0 Å². The molecule has 0 aliphatic rings. The minimum atomic E-state index is -3.77. The number of hydrogen-bond acceptors (Lipinski definition) is 4. The van der Waals surface area contributed by atoms with Crippen LogP contribution < -0.4 is 5.32 Å². The zero-order valence-corrected chi connectivity index (χ0v) is 15.9. The van der Waals surface area contributed by atoms with Crippen molar-refractivity contribution in [2.24, 2.45) is 0 Å². The van der Waals surface area contributed by atoms with Crippen LogP contribution in [0, 0.1) is 0 Å². The Balaban J connectivity index is 2.29. The van der Waals surface area contributed by atoms with Gasteiger partial charge >= 0.3 is 0 Å². The van der Waals surface area contributed by atoms with Gasteiger partial charge in [0.1, 0.15) is 0 Å². The fraction of sp³-hybridized carbons (Fsp3) is 0.278. The van der Waals surface area contributed by atoms with Crippen LogP contribution in [0.15, 0.2) is 53.4 Å². The van der Waals surface area contributed by atoms with Gasteiger partial charge in [-0.2, -0.15) is 4.31 Å². The van der Waals surface area contributed by atoms with Crippen molar-refractivity contribution in [2.45, 2.75) is 17.9 Å². The first-order chi connectivity index (χ1) is 12.4. The number of sulfonamides is 1. The predicted octanol–water partition coefficient (Wildman–Crippen LogP) is 2.27. The lowest BCUT2D eigenvalue weighted by Gasteiger charge is -2.22. The van der Waals surface area contributed by atoms with E-state index in [-0.39, 0.29) is 30.5 Å². The molecule has 2 rings (SSSR count). The highest BCUT2D eigenvalue weighted by Crippen LogP contribution is 2.20. The Hall–Kier alpha value is -1.93. The van der Waals surface area contributed by atoms with E-state index < -0.39 is 10.0 Å². The van der Waals surface area contributed by atoms with E-state index in [1.165, 1.54) is 35.6 Å². The lowest BCUT2D eigenvalue weighted by Crippen LogP contribution is -2.32. The second kappa shape index (κ2) is 9.14. The molecular formula is C18H21ClN2O4S. The number of hydrogen-bond donors (Lipinski definition) is 2. The topological polar surface area (TPSA) is 86.7 Å². The average molecular weight is 397 g/mol. The van der Waals surface area contributed by atoms with Crippen LogP contribution in [0.4, 0.5) is 0 Å². The first kappa shape index (κ1) is 20.4. The quantitative estimate of drug-likeness (QED) is 0.716. The second-order valence-corrected chi connectivity index (χ2v) is 8.02. The van der Waals surface area contributed by atoms with E-state index in [1.807, 2.05) is 0 Å². The molecule has 0 fully saturated rings. The largest absolute Gasteiger partial charge is 0.396 e. The minimum Gasteiger partial charge on any atom is -0.396 e. The first-order valence-electron chi connectivity index (χ1n) is 8.06. The Labute approximate surface area is 158 Å². The SMILES string of the molecule is CNC(=O)c1ccc(S(=O)(=O)N(CCCO)Cc2ccc(Cl)cc2)cc1. The van der Waals surface area contributed by atoms with E-state index in [1.54, 1.807) is 24.3 Å². The highest BCUT2D eigenvalue weighted by molar-refractivity contribution is 7.89. The Bertz CT molecular complexity index is 836. The molecule has 0 aromatic heterocycles. The number of carbonyl (C=O) groups is 1. The van der Waals surface area contributed by atoms with Gasteiger partial charge in [0.05, 0.1) is 4.90 Å². The standard InChI is InChI=1S/C18H21ClN2O4S/c1-20-18(23)15-5-9-17(10-6-15)26(24,25)21(11-2-12-22)13-14-3-7-16(19)8-4-14/h3-10,22H,2,11-13H2,1H3,(H,20,23). The molecule has 6 nitrogen and oxygen atoms in total. The van der Waals surface area contributed by atoms with Crippen LogP contribution in [-0.2, 0) is 16.6 Å². The number of halogens is 1. The Morgan fingerprint density at radius 2 is 1.73 bits per heavy atom. The summed E-state index contributed by atoms with van der Waals surface area (Å²) in [5.41, 5.74) is 1.17. The van der Waals surface area contributed by atoms with Crippen molar-refractivity contribution >= 4 is 27.5 Å². The fourth-order valence-electron chi connectivity index (χ4n) is 2.40. The van der Waals surface area contributed by atoms with Crippen molar-refractivity contribution in [3.05, 3.63) is 64.7 Å². The number of aliphatic hydroxyl groups is 1. The summed E-state index contributed by atoms with van der Waals surface area (Å²) in [6.45, 7) is 0.234. The predicted molar refractivity (Wildman–Crippen MR) is 101 cm³/mol. The van der Waals surface area contributed by atoms with Gasteiger partial charge in [-0.05, 0) is 48.4 Å². The lowest BCUT2D eigenvalue weighted by atomic mass is 10.2. The summed E-state index contributed by atoms with van der Waals surface area (Å²) in [5.74, 6) is -0.285. The number of aliphatic hydroxyl groups excluding tert-OH is 1. The summed E-state index contributed by atoms with van der Waals surface area (Å²) in [5, 5.41) is 12.2. The van der Waals surface area contributed by atoms with Crippen LogP contribution >= 0.6 is 11.6 Å². The Kier molecular flexibility index (Phi) is 7.16. The summed E-state index contributed by atoms with van der Waals surface area (Å²) in [4.78, 5) is 11.7. The van der Waals surface area contributed by atoms with Gasteiger partial charge in [0.25, 0.3) is 5.91 Å². The van der Waals surface area contributed by atoms with E-state index in [4.69, 9.17) is 16.7 Å². The van der Waals surface area contributed by atoms with Crippen LogP contribution in [0.2, 0.25) is 5.02 Å². The zero-order chi connectivity index (χ0) is 19.2. The van der Waals surface area contributed by atoms with Crippen LogP contribution in [0.25, 0.3) is 0 Å². The number of benzene rings is 2. The summed E-state index contributed by atoms with van der Waals surface area (Å²) in [6, 6.07) is 12.7. The molecule has 2 aromatic rings. The third kappa shape index (κ3) is 5.04. The fourth-order valence-corrected chi connectivity index (χ4v) is 3.99. The molecule has 0 aliphatic carbocycles. The Morgan fingerprint density at radius 1 is 1.12 bits per heavy atom. The minimum absolute atomic E-state index is 0.0945. The molecule has 1 amide bonds. The van der Waals surface area contributed by atoms with E-state index in [0.717, 1.165) is 5.56 Å². The number of carbonyl (C=O) groups excluding carboxylic acids is 1. The molecule has 0 radical (unpaired) electrons. The van der Waals surface area contributed by atoms with Gasteiger partial charge < -0.3 is 10.4 Å². The van der Waals surface area contributed by atoms with Crippen LogP contribution in [0.3, 0.4) is 0 Å². The van der Waals surface area contributed by atoms with Crippen molar-refractivity contribution in [3.63, 3.8) is 0 Å². The summed E-state index contributed by atoms with van der Waals surface area (Å²) < 4.78 is 27.3. The zero-order valence-electron chi connectivity index (χ0n) is 14.4. The molecule has 0 saturated heterocycles. The number of amides is 1. The second-order valence-electron chi connectivity index (χ2n) is 5.65. The summed E-state index contributed by atoms with van der Waals surface area (Å²) in [7, 11) is -2.26. The molecule has 140 valence electrons. The van der Waals surface area contributed by atoms with Crippen LogP contribution in [-0.4, -0.2) is 43.9 Å². The van der Waals surface area contributed by atoms with Crippen molar-refractivity contribution in [1.82, 2.24) is 9.62 Å². The first-order valence-corrected chi connectivity index (χ1v) is 9.88. The maximum Gasteiger partial charge on any atom is 0.251 e. The van der Waals surface area contributed by atoms with Crippen molar-refractivity contribution in [1.29, 1.82) is 0 Å². The number of nitrogens with zero attached hydrogens (tertiary/aromatic N) is 1. The molecule has 0 heterocycles. The highest BCUT2D eigenvalue weighted by Gasteiger charge is 2.24. The molecule has 0 atom stereocenters. The van der Waals surface area contributed by atoms with Crippen LogP contribution in [0.5, 0.6) is 0 Å². The van der Waals surface area contributed by atoms with E-state index in [0.29, 0.717) is 17.0 Å². The maximum absolute atomic E-state index is 13.0. The number of rotatable bonds is 8. The summed E-state index contributed by atoms with van der Waals surface area (Å²) in [6.07, 6.45) is 0.323. The van der Waals surface area contributed by atoms with Gasteiger partial charge in [-0.25, -0.2) is 8.42 Å². The van der Waals surface area contributed by atoms with E-state index >= 15 is 0 Å². The van der Waals surface area contributed by atoms with Gasteiger partial charge in [-0.1, -0.05) is 23.7 Å². The van der Waals surface area contributed by atoms with Gasteiger partial charge in [0.15, 0.2) is 0 Å². The maximum atomic E-state index is 13.0. The van der Waals surface area contributed by atoms with Crippen molar-refractivity contribution < 1.29 is 18.3 Å². The molecule has 0 aliphatic heterocycles. The van der Waals surface area contributed by atoms with Crippen molar-refractivity contribution in [3.8, 4) is 0 Å². The molecular weight excluding hydrogens is 376 g/mol. The van der Waals surface area contributed by atoms with Gasteiger partial charge in [0, 0.05) is 37.3 Å². The average Bonchev–Trinajstić information content (AvgIpc) is 2.66. The highest BCUT2D eigenvalue weighted by atomic mass is 35.5. The van der Waals surface area contributed by atoms with E-state index in [2.05, 4.69) is 5.32 Å². The normalized spacial score (nSPS) is 11.5. The molecule has 2 N–H and O–H groups in total. The number of nitrogens with one attached hydrogen (secondary N) is 1. The lowest BCUT2D eigenvalue weighted by molar-refractivity contribution is 0.0963. The van der Waals surface area contributed by atoms with E-state index in [9.17, 15) is 13.2 Å². The monoisotopic (exact) mass is 396 g/mol. The third-order valence-electron chi connectivity index (χ3n) is 3.82. The molecule has 8 heteroatoms. The van der Waals surface area contributed by atoms with Crippen LogP contribution in [0.1, 0.15) is 22.3 Å².